The highest BCUT2D eigenvalue weighted by atomic mass is 19.4. The maximum absolute atomic E-state index is 12.0. The summed E-state index contributed by atoms with van der Waals surface area (Å²) >= 11 is 0. The Hall–Kier alpha value is -0.290. The summed E-state index contributed by atoms with van der Waals surface area (Å²) in [6.07, 6.45) is -2.96. The van der Waals surface area contributed by atoms with Gasteiger partial charge in [-0.2, -0.15) is 13.2 Å². The third-order valence-electron chi connectivity index (χ3n) is 3.75. The lowest BCUT2D eigenvalue weighted by atomic mass is 9.88. The Bertz CT molecular complexity index is 230. The van der Waals surface area contributed by atoms with Crippen LogP contribution in [0.15, 0.2) is 0 Å². The molecule has 0 spiro atoms. The summed E-state index contributed by atoms with van der Waals surface area (Å²) in [6, 6.07) is 0.173. The van der Waals surface area contributed by atoms with E-state index in [-0.39, 0.29) is 6.04 Å². The first-order valence-corrected chi connectivity index (χ1v) is 6.31. The number of hydrogen-bond donors (Lipinski definition) is 1. The number of nitrogens with one attached hydrogen (secondary N) is 1. The van der Waals surface area contributed by atoms with E-state index < -0.39 is 12.7 Å². The Labute approximate surface area is 102 Å². The van der Waals surface area contributed by atoms with Crippen molar-refractivity contribution in [3.63, 3.8) is 0 Å². The molecule has 1 heterocycles. The van der Waals surface area contributed by atoms with Gasteiger partial charge in [0.1, 0.15) is 0 Å². The van der Waals surface area contributed by atoms with Gasteiger partial charge in [-0.1, -0.05) is 13.8 Å². The van der Waals surface area contributed by atoms with E-state index in [1.165, 1.54) is 0 Å². The Morgan fingerprint density at radius 1 is 1.29 bits per heavy atom. The summed E-state index contributed by atoms with van der Waals surface area (Å²) in [5, 5.41) is 2.48. The maximum Gasteiger partial charge on any atom is 0.401 e. The Kier molecular flexibility index (Phi) is 5.25. The summed E-state index contributed by atoms with van der Waals surface area (Å²) in [5.41, 5.74) is 0. The first-order valence-electron chi connectivity index (χ1n) is 6.31. The molecule has 1 aliphatic rings. The SMILES string of the molecule is CC1CCN(C(C)CNCC(F)(F)F)CC1C. The Morgan fingerprint density at radius 2 is 1.94 bits per heavy atom. The smallest absolute Gasteiger partial charge is 0.307 e. The third kappa shape index (κ3) is 5.25. The first-order chi connectivity index (χ1) is 7.79. The molecule has 3 atom stereocenters. The van der Waals surface area contributed by atoms with Crippen molar-refractivity contribution in [2.45, 2.75) is 39.4 Å². The van der Waals surface area contributed by atoms with Crippen LogP contribution in [-0.4, -0.2) is 43.3 Å². The Morgan fingerprint density at radius 3 is 2.47 bits per heavy atom. The van der Waals surface area contributed by atoms with Crippen LogP contribution in [0.25, 0.3) is 0 Å². The topological polar surface area (TPSA) is 15.3 Å². The molecule has 2 nitrogen and oxygen atoms in total. The molecule has 0 bridgehead atoms. The zero-order chi connectivity index (χ0) is 13.1. The molecule has 0 radical (unpaired) electrons. The van der Waals surface area contributed by atoms with Crippen LogP contribution in [0.2, 0.25) is 0 Å². The summed E-state index contributed by atoms with van der Waals surface area (Å²) in [6.45, 7) is 7.96. The second-order valence-electron chi connectivity index (χ2n) is 5.33. The zero-order valence-corrected chi connectivity index (χ0v) is 10.8. The van der Waals surface area contributed by atoms with Crippen LogP contribution in [0.3, 0.4) is 0 Å². The van der Waals surface area contributed by atoms with Crippen LogP contribution in [0.1, 0.15) is 27.2 Å². The lowest BCUT2D eigenvalue weighted by molar-refractivity contribution is -0.125. The van der Waals surface area contributed by atoms with Crippen LogP contribution in [0.5, 0.6) is 0 Å². The van der Waals surface area contributed by atoms with Crippen molar-refractivity contribution in [3.05, 3.63) is 0 Å². The highest BCUT2D eigenvalue weighted by Crippen LogP contribution is 2.23. The van der Waals surface area contributed by atoms with Gasteiger partial charge < -0.3 is 5.32 Å². The van der Waals surface area contributed by atoms with Gasteiger partial charge in [-0.25, -0.2) is 0 Å². The molecule has 0 aliphatic carbocycles. The first kappa shape index (κ1) is 14.8. The molecule has 1 aliphatic heterocycles. The molecular formula is C12H23F3N2. The summed E-state index contributed by atoms with van der Waals surface area (Å²) in [7, 11) is 0. The molecule has 1 saturated heterocycles. The lowest BCUT2D eigenvalue weighted by Gasteiger charge is -2.39. The lowest BCUT2D eigenvalue weighted by Crippen LogP contribution is -2.48. The van der Waals surface area contributed by atoms with Gasteiger partial charge in [0.15, 0.2) is 0 Å². The minimum atomic E-state index is -4.11. The zero-order valence-electron chi connectivity index (χ0n) is 10.8. The highest BCUT2D eigenvalue weighted by molar-refractivity contribution is 4.79. The largest absolute Gasteiger partial charge is 0.401 e. The molecule has 0 aromatic rings. The third-order valence-corrected chi connectivity index (χ3v) is 3.75. The molecule has 17 heavy (non-hydrogen) atoms. The summed E-state index contributed by atoms with van der Waals surface area (Å²) in [5.74, 6) is 1.36. The second kappa shape index (κ2) is 6.05. The molecule has 0 aromatic carbocycles. The van der Waals surface area contributed by atoms with Gasteiger partial charge in [-0.05, 0) is 31.7 Å². The number of alkyl halides is 3. The van der Waals surface area contributed by atoms with Gasteiger partial charge in [0.25, 0.3) is 0 Å². The molecule has 3 unspecified atom stereocenters. The van der Waals surface area contributed by atoms with Gasteiger partial charge in [0.2, 0.25) is 0 Å². The minimum absolute atomic E-state index is 0.173. The quantitative estimate of drug-likeness (QED) is 0.827. The van der Waals surface area contributed by atoms with Crippen molar-refractivity contribution in [1.29, 1.82) is 0 Å². The summed E-state index contributed by atoms with van der Waals surface area (Å²) in [4.78, 5) is 2.29. The molecule has 0 amide bonds. The molecule has 1 rings (SSSR count). The van der Waals surface area contributed by atoms with Crippen LogP contribution >= 0.6 is 0 Å². The molecule has 1 fully saturated rings. The number of rotatable bonds is 4. The van der Waals surface area contributed by atoms with Crippen LogP contribution < -0.4 is 5.32 Å². The van der Waals surface area contributed by atoms with E-state index in [1.807, 2.05) is 6.92 Å². The molecule has 1 N–H and O–H groups in total. The average molecular weight is 252 g/mol. The molecule has 5 heteroatoms. The maximum atomic E-state index is 12.0. The van der Waals surface area contributed by atoms with Crippen molar-refractivity contribution in [3.8, 4) is 0 Å². The van der Waals surface area contributed by atoms with Gasteiger partial charge in [-0.15, -0.1) is 0 Å². The molecule has 102 valence electrons. The number of nitrogens with zero attached hydrogens (tertiary/aromatic N) is 1. The van der Waals surface area contributed by atoms with E-state index in [0.717, 1.165) is 25.4 Å². The van der Waals surface area contributed by atoms with Gasteiger partial charge >= 0.3 is 6.18 Å². The second-order valence-corrected chi connectivity index (χ2v) is 5.33. The fraction of sp³-hybridized carbons (Fsp3) is 1.00. The van der Waals surface area contributed by atoms with Crippen molar-refractivity contribution in [2.75, 3.05) is 26.2 Å². The van der Waals surface area contributed by atoms with Gasteiger partial charge in [0, 0.05) is 19.1 Å². The van der Waals surface area contributed by atoms with Crippen molar-refractivity contribution in [1.82, 2.24) is 10.2 Å². The van der Waals surface area contributed by atoms with E-state index in [2.05, 4.69) is 24.1 Å². The van der Waals surface area contributed by atoms with Crippen molar-refractivity contribution >= 4 is 0 Å². The number of hydrogen-bond acceptors (Lipinski definition) is 2. The number of likely N-dealkylation sites (tertiary alicyclic amines) is 1. The van der Waals surface area contributed by atoms with Crippen LogP contribution in [0.4, 0.5) is 13.2 Å². The van der Waals surface area contributed by atoms with Gasteiger partial charge in [0.05, 0.1) is 6.54 Å². The van der Waals surface area contributed by atoms with Crippen LogP contribution in [0, 0.1) is 11.8 Å². The highest BCUT2D eigenvalue weighted by Gasteiger charge is 2.28. The van der Waals surface area contributed by atoms with E-state index in [4.69, 9.17) is 0 Å². The van der Waals surface area contributed by atoms with Crippen molar-refractivity contribution < 1.29 is 13.2 Å². The van der Waals surface area contributed by atoms with Crippen LogP contribution in [-0.2, 0) is 0 Å². The molecular weight excluding hydrogens is 229 g/mol. The fourth-order valence-electron chi connectivity index (χ4n) is 2.25. The normalized spacial score (nSPS) is 29.3. The monoisotopic (exact) mass is 252 g/mol. The molecule has 0 aromatic heterocycles. The van der Waals surface area contributed by atoms with Crippen molar-refractivity contribution in [2.24, 2.45) is 11.8 Å². The number of piperidine rings is 1. The van der Waals surface area contributed by atoms with E-state index in [0.29, 0.717) is 12.5 Å². The minimum Gasteiger partial charge on any atom is -0.307 e. The fourth-order valence-corrected chi connectivity index (χ4v) is 2.25. The van der Waals surface area contributed by atoms with Gasteiger partial charge in [-0.3, -0.25) is 4.90 Å². The predicted molar refractivity (Wildman–Crippen MR) is 62.9 cm³/mol. The van der Waals surface area contributed by atoms with E-state index >= 15 is 0 Å². The summed E-state index contributed by atoms with van der Waals surface area (Å²) < 4.78 is 36.0. The standard InChI is InChI=1S/C12H23F3N2/c1-9-4-5-17(7-10(9)2)11(3)6-16-8-12(13,14)15/h9-11,16H,4-8H2,1-3H3. The molecule has 0 saturated carbocycles. The number of halogens is 3. The van der Waals surface area contributed by atoms with E-state index in [9.17, 15) is 13.2 Å². The predicted octanol–water partition coefficient (Wildman–Crippen LogP) is 2.50. The van der Waals surface area contributed by atoms with E-state index in [1.54, 1.807) is 0 Å². The Balaban J connectivity index is 2.26. The average Bonchev–Trinajstić information content (AvgIpc) is 2.20.